The van der Waals surface area contributed by atoms with Crippen LogP contribution in [-0.4, -0.2) is 54.7 Å². The summed E-state index contributed by atoms with van der Waals surface area (Å²) in [6.45, 7) is 3.57. The highest BCUT2D eigenvalue weighted by Gasteiger charge is 2.31. The number of hydrogen-bond acceptors (Lipinski definition) is 5. The van der Waals surface area contributed by atoms with Gasteiger partial charge in [-0.3, -0.25) is 4.79 Å². The molecule has 0 spiro atoms. The zero-order chi connectivity index (χ0) is 18.2. The highest BCUT2D eigenvalue weighted by Crippen LogP contribution is 2.24. The molecule has 1 amide bonds. The van der Waals surface area contributed by atoms with Crippen molar-refractivity contribution in [2.75, 3.05) is 25.9 Å². The molecule has 7 nitrogen and oxygen atoms in total. The standard InChI is InChI=1S/C17H22N4O3S.ClH/c1-12-4-5-13(10-15(12)25(3,23)24)17(22)21-9-6-18-11-14(21)16-19-7-8-20(16)2;/h4-5,7-8,10,14,18H,6,9,11H2,1-3H3;1H. The number of benzene rings is 1. The second-order valence-electron chi connectivity index (χ2n) is 6.37. The molecular formula is C17H23ClN4O3S. The SMILES string of the molecule is Cc1ccc(C(=O)N2CCNCC2c2nccn2C)cc1S(C)(=O)=O.Cl. The van der Waals surface area contributed by atoms with Gasteiger partial charge in [-0.1, -0.05) is 6.07 Å². The zero-order valence-corrected chi connectivity index (χ0v) is 16.6. The third-order valence-corrected chi connectivity index (χ3v) is 5.73. The fourth-order valence-electron chi connectivity index (χ4n) is 3.17. The van der Waals surface area contributed by atoms with E-state index in [0.29, 0.717) is 30.8 Å². The summed E-state index contributed by atoms with van der Waals surface area (Å²) in [5.74, 6) is 0.621. The summed E-state index contributed by atoms with van der Waals surface area (Å²) in [6, 6.07) is 4.65. The van der Waals surface area contributed by atoms with Gasteiger partial charge in [0.15, 0.2) is 9.84 Å². The highest BCUT2D eigenvalue weighted by molar-refractivity contribution is 7.90. The van der Waals surface area contributed by atoms with Crippen molar-refractivity contribution in [2.45, 2.75) is 17.9 Å². The number of aromatic nitrogens is 2. The van der Waals surface area contributed by atoms with E-state index in [4.69, 9.17) is 0 Å². The second kappa shape index (κ2) is 7.77. The Balaban J connectivity index is 0.00000243. The Kier molecular flexibility index (Phi) is 6.10. The van der Waals surface area contributed by atoms with E-state index in [9.17, 15) is 13.2 Å². The summed E-state index contributed by atoms with van der Waals surface area (Å²) >= 11 is 0. The molecule has 1 aromatic heterocycles. The molecule has 1 aliphatic rings. The van der Waals surface area contributed by atoms with E-state index >= 15 is 0 Å². The van der Waals surface area contributed by atoms with E-state index in [1.807, 2.05) is 17.8 Å². The van der Waals surface area contributed by atoms with Crippen LogP contribution in [0.3, 0.4) is 0 Å². The summed E-state index contributed by atoms with van der Waals surface area (Å²) in [7, 11) is -1.49. The first kappa shape index (κ1) is 20.4. The maximum absolute atomic E-state index is 13.1. The number of piperazine rings is 1. The van der Waals surface area contributed by atoms with Gasteiger partial charge in [0.2, 0.25) is 0 Å². The third kappa shape index (κ3) is 3.92. The van der Waals surface area contributed by atoms with Crippen molar-refractivity contribution in [3.63, 3.8) is 0 Å². The number of amides is 1. The molecule has 0 aliphatic carbocycles. The minimum absolute atomic E-state index is 0. The molecule has 0 saturated carbocycles. The number of rotatable bonds is 3. The minimum atomic E-state index is -3.38. The maximum Gasteiger partial charge on any atom is 0.254 e. The van der Waals surface area contributed by atoms with Crippen molar-refractivity contribution < 1.29 is 13.2 Å². The quantitative estimate of drug-likeness (QED) is 0.843. The normalized spacial score (nSPS) is 17.7. The number of nitrogens with zero attached hydrogens (tertiary/aromatic N) is 3. The van der Waals surface area contributed by atoms with Crippen molar-refractivity contribution in [3.05, 3.63) is 47.5 Å². The molecule has 0 bridgehead atoms. The van der Waals surface area contributed by atoms with E-state index in [0.717, 1.165) is 12.1 Å². The van der Waals surface area contributed by atoms with Crippen LogP contribution >= 0.6 is 12.4 Å². The molecule has 9 heteroatoms. The number of aryl methyl sites for hydroxylation is 2. The van der Waals surface area contributed by atoms with E-state index in [1.165, 1.54) is 6.07 Å². The lowest BCUT2D eigenvalue weighted by atomic mass is 10.1. The van der Waals surface area contributed by atoms with Crippen LogP contribution in [0.1, 0.15) is 27.8 Å². The Morgan fingerprint density at radius 2 is 2.08 bits per heavy atom. The van der Waals surface area contributed by atoms with Crippen LogP contribution in [0.5, 0.6) is 0 Å². The van der Waals surface area contributed by atoms with Crippen LogP contribution in [0.4, 0.5) is 0 Å². The second-order valence-corrected chi connectivity index (χ2v) is 8.35. The van der Waals surface area contributed by atoms with Gasteiger partial charge in [0, 0.05) is 50.9 Å². The first-order chi connectivity index (χ1) is 11.8. The molecular weight excluding hydrogens is 376 g/mol. The molecule has 0 radical (unpaired) electrons. The monoisotopic (exact) mass is 398 g/mol. The van der Waals surface area contributed by atoms with Crippen molar-refractivity contribution in [1.82, 2.24) is 19.8 Å². The fourth-order valence-corrected chi connectivity index (χ4v) is 4.17. The lowest BCUT2D eigenvalue weighted by Gasteiger charge is -2.36. The molecule has 1 saturated heterocycles. The molecule has 26 heavy (non-hydrogen) atoms. The Labute approximate surface area is 159 Å². The average Bonchev–Trinajstić information content (AvgIpc) is 2.99. The molecule has 1 aromatic carbocycles. The fraction of sp³-hybridized carbons (Fsp3) is 0.412. The molecule has 1 unspecified atom stereocenters. The molecule has 1 aliphatic heterocycles. The summed E-state index contributed by atoms with van der Waals surface area (Å²) in [4.78, 5) is 19.4. The Morgan fingerprint density at radius 1 is 1.35 bits per heavy atom. The molecule has 1 N–H and O–H groups in total. The topological polar surface area (TPSA) is 84.3 Å². The lowest BCUT2D eigenvalue weighted by Crippen LogP contribution is -2.49. The van der Waals surface area contributed by atoms with Gasteiger partial charge in [0.1, 0.15) is 11.9 Å². The van der Waals surface area contributed by atoms with E-state index in [2.05, 4.69) is 10.3 Å². The van der Waals surface area contributed by atoms with E-state index < -0.39 is 9.84 Å². The van der Waals surface area contributed by atoms with Gasteiger partial charge in [-0.25, -0.2) is 13.4 Å². The van der Waals surface area contributed by atoms with Crippen LogP contribution in [0.25, 0.3) is 0 Å². The van der Waals surface area contributed by atoms with Gasteiger partial charge in [0.05, 0.1) is 4.90 Å². The molecule has 2 heterocycles. The number of hydrogen-bond donors (Lipinski definition) is 1. The van der Waals surface area contributed by atoms with Crippen molar-refractivity contribution >= 4 is 28.2 Å². The summed E-state index contributed by atoms with van der Waals surface area (Å²) in [5, 5.41) is 3.29. The van der Waals surface area contributed by atoms with Crippen LogP contribution in [0.2, 0.25) is 0 Å². The van der Waals surface area contributed by atoms with Gasteiger partial charge in [0.25, 0.3) is 5.91 Å². The van der Waals surface area contributed by atoms with Crippen LogP contribution < -0.4 is 5.32 Å². The molecule has 142 valence electrons. The van der Waals surface area contributed by atoms with E-state index in [-0.39, 0.29) is 29.3 Å². The van der Waals surface area contributed by atoms with Gasteiger partial charge < -0.3 is 14.8 Å². The smallest absolute Gasteiger partial charge is 0.254 e. The van der Waals surface area contributed by atoms with Gasteiger partial charge in [-0.2, -0.15) is 0 Å². The number of carbonyl (C=O) groups is 1. The first-order valence-corrected chi connectivity index (χ1v) is 9.98. The van der Waals surface area contributed by atoms with E-state index in [1.54, 1.807) is 30.2 Å². The molecule has 1 fully saturated rings. The third-order valence-electron chi connectivity index (χ3n) is 4.50. The number of halogens is 1. The minimum Gasteiger partial charge on any atom is -0.336 e. The Bertz CT molecular complexity index is 910. The number of carbonyl (C=O) groups excluding carboxylic acids is 1. The number of imidazole rings is 1. The molecule has 3 rings (SSSR count). The number of sulfone groups is 1. The maximum atomic E-state index is 13.1. The molecule has 1 atom stereocenters. The van der Waals surface area contributed by atoms with Gasteiger partial charge in [-0.15, -0.1) is 12.4 Å². The van der Waals surface area contributed by atoms with Crippen LogP contribution in [0, 0.1) is 6.92 Å². The van der Waals surface area contributed by atoms with Crippen molar-refractivity contribution in [3.8, 4) is 0 Å². The summed E-state index contributed by atoms with van der Waals surface area (Å²) < 4.78 is 25.8. The Morgan fingerprint density at radius 3 is 2.69 bits per heavy atom. The number of nitrogens with one attached hydrogen (secondary N) is 1. The van der Waals surface area contributed by atoms with Gasteiger partial charge >= 0.3 is 0 Å². The highest BCUT2D eigenvalue weighted by atomic mass is 35.5. The van der Waals surface area contributed by atoms with Crippen LogP contribution in [-0.2, 0) is 16.9 Å². The largest absolute Gasteiger partial charge is 0.336 e. The van der Waals surface area contributed by atoms with Crippen molar-refractivity contribution in [2.24, 2.45) is 7.05 Å². The predicted molar refractivity (Wildman–Crippen MR) is 101 cm³/mol. The zero-order valence-electron chi connectivity index (χ0n) is 15.0. The van der Waals surface area contributed by atoms with Crippen LogP contribution in [0.15, 0.2) is 35.5 Å². The van der Waals surface area contributed by atoms with Crippen molar-refractivity contribution in [1.29, 1.82) is 0 Å². The molecule has 2 aromatic rings. The first-order valence-electron chi connectivity index (χ1n) is 8.08. The lowest BCUT2D eigenvalue weighted by molar-refractivity contribution is 0.0620. The van der Waals surface area contributed by atoms with Gasteiger partial charge in [-0.05, 0) is 24.6 Å². The average molecular weight is 399 g/mol. The summed E-state index contributed by atoms with van der Waals surface area (Å²) in [5.41, 5.74) is 1.02. The summed E-state index contributed by atoms with van der Waals surface area (Å²) in [6.07, 6.45) is 4.71. The Hall–Kier alpha value is -1.90. The predicted octanol–water partition coefficient (Wildman–Crippen LogP) is 1.34.